The number of benzene rings is 1. The predicted octanol–water partition coefficient (Wildman–Crippen LogP) is 4.00. The van der Waals surface area contributed by atoms with E-state index >= 15 is 0 Å². The number of amides is 1. The Morgan fingerprint density at radius 3 is 2.56 bits per heavy atom. The van der Waals surface area contributed by atoms with Crippen molar-refractivity contribution < 1.29 is 32.0 Å². The van der Waals surface area contributed by atoms with Crippen molar-refractivity contribution in [2.45, 2.75) is 32.5 Å². The van der Waals surface area contributed by atoms with Crippen LogP contribution in [0, 0.1) is 5.92 Å². The summed E-state index contributed by atoms with van der Waals surface area (Å²) in [5.74, 6) is -1.61. The first-order valence-corrected chi connectivity index (χ1v) is 8.15. The van der Waals surface area contributed by atoms with Crippen molar-refractivity contribution in [1.82, 2.24) is 10.5 Å². The number of aromatic nitrogens is 1. The van der Waals surface area contributed by atoms with Crippen molar-refractivity contribution in [3.63, 3.8) is 0 Å². The molecule has 1 atom stereocenters. The zero-order valence-corrected chi connectivity index (χ0v) is 15.0. The van der Waals surface area contributed by atoms with Crippen LogP contribution in [0.3, 0.4) is 0 Å². The first-order valence-electron chi connectivity index (χ1n) is 8.15. The number of alkyl halides is 3. The number of ether oxygens (including phenoxy) is 1. The van der Waals surface area contributed by atoms with Gasteiger partial charge in [-0.25, -0.2) is 4.79 Å². The molecule has 0 spiro atoms. The highest BCUT2D eigenvalue weighted by Crippen LogP contribution is 2.32. The van der Waals surface area contributed by atoms with Crippen LogP contribution in [0.1, 0.15) is 58.5 Å². The number of nitrogens with zero attached hydrogens (tertiary/aromatic N) is 1. The van der Waals surface area contributed by atoms with Gasteiger partial charge in [0, 0.05) is 6.07 Å². The molecule has 27 heavy (non-hydrogen) atoms. The third-order valence-electron chi connectivity index (χ3n) is 3.76. The molecule has 146 valence electrons. The summed E-state index contributed by atoms with van der Waals surface area (Å²) in [5, 5.41) is 6.15. The summed E-state index contributed by atoms with van der Waals surface area (Å²) in [5.41, 5.74) is -0.642. The average molecular weight is 384 g/mol. The van der Waals surface area contributed by atoms with E-state index in [0.717, 1.165) is 25.3 Å². The highest BCUT2D eigenvalue weighted by atomic mass is 19.4. The van der Waals surface area contributed by atoms with Gasteiger partial charge in [0.05, 0.1) is 18.7 Å². The van der Waals surface area contributed by atoms with Gasteiger partial charge in [0.1, 0.15) is 0 Å². The summed E-state index contributed by atoms with van der Waals surface area (Å²) < 4.78 is 48.1. The van der Waals surface area contributed by atoms with Gasteiger partial charge in [0.25, 0.3) is 5.91 Å². The van der Waals surface area contributed by atoms with Crippen LogP contribution in [0.4, 0.5) is 13.2 Å². The summed E-state index contributed by atoms with van der Waals surface area (Å²) in [4.78, 5) is 23.8. The van der Waals surface area contributed by atoms with Gasteiger partial charge in [-0.1, -0.05) is 31.1 Å². The Morgan fingerprint density at radius 1 is 1.26 bits per heavy atom. The Kier molecular flexibility index (Phi) is 6.24. The second-order valence-corrected chi connectivity index (χ2v) is 6.35. The highest BCUT2D eigenvalue weighted by molar-refractivity contribution is 5.95. The largest absolute Gasteiger partial charge is 0.463 e. The molecule has 0 saturated carbocycles. The average Bonchev–Trinajstić information content (AvgIpc) is 3.09. The molecule has 2 rings (SSSR count). The molecule has 1 aromatic carbocycles. The van der Waals surface area contributed by atoms with Crippen LogP contribution in [0.25, 0.3) is 0 Å². The minimum absolute atomic E-state index is 0.104. The third kappa shape index (κ3) is 5.32. The molecule has 1 N–H and O–H groups in total. The molecular formula is C18H19F3N2O4. The zero-order chi connectivity index (χ0) is 20.2. The van der Waals surface area contributed by atoms with E-state index in [2.05, 4.69) is 15.2 Å². The molecule has 0 bridgehead atoms. The number of methoxy groups -OCH3 is 1. The van der Waals surface area contributed by atoms with Crippen molar-refractivity contribution in [2.24, 2.45) is 5.92 Å². The van der Waals surface area contributed by atoms with E-state index in [-0.39, 0.29) is 17.4 Å². The van der Waals surface area contributed by atoms with Crippen molar-refractivity contribution in [3.8, 4) is 0 Å². The van der Waals surface area contributed by atoms with Gasteiger partial charge in [-0.05, 0) is 30.0 Å². The van der Waals surface area contributed by atoms with Gasteiger partial charge in [-0.15, -0.1) is 0 Å². The number of carbonyl (C=O) groups is 2. The standard InChI is InChI=1S/C18H19F3N2O4/c1-10(2)7-13(11-5-4-6-12(8-11)18(19,20)21)22-16(24)14-9-15(27-23-14)17(25)26-3/h4-6,8-10,13H,7H2,1-3H3,(H,22,24). The summed E-state index contributed by atoms with van der Waals surface area (Å²) in [6.45, 7) is 3.77. The van der Waals surface area contributed by atoms with Crippen LogP contribution in [0.2, 0.25) is 0 Å². The number of hydrogen-bond donors (Lipinski definition) is 1. The Labute approximate surface area is 153 Å². The van der Waals surface area contributed by atoms with E-state index < -0.39 is 29.7 Å². The topological polar surface area (TPSA) is 81.4 Å². The van der Waals surface area contributed by atoms with Crippen molar-refractivity contribution in [3.05, 3.63) is 52.9 Å². The molecular weight excluding hydrogens is 365 g/mol. The number of hydrogen-bond acceptors (Lipinski definition) is 5. The number of carbonyl (C=O) groups excluding carboxylic acids is 2. The van der Waals surface area contributed by atoms with Crippen molar-refractivity contribution in [1.29, 1.82) is 0 Å². The first kappa shape index (κ1) is 20.5. The predicted molar refractivity (Wildman–Crippen MR) is 88.9 cm³/mol. The lowest BCUT2D eigenvalue weighted by Gasteiger charge is -2.21. The van der Waals surface area contributed by atoms with E-state index in [0.29, 0.717) is 12.0 Å². The maximum atomic E-state index is 13.0. The van der Waals surface area contributed by atoms with Crippen molar-refractivity contribution >= 4 is 11.9 Å². The molecule has 0 radical (unpaired) electrons. The fourth-order valence-corrected chi connectivity index (χ4v) is 2.49. The van der Waals surface area contributed by atoms with Gasteiger partial charge < -0.3 is 14.6 Å². The number of halogens is 3. The molecule has 1 amide bonds. The Bertz CT molecular complexity index is 815. The summed E-state index contributed by atoms with van der Waals surface area (Å²) >= 11 is 0. The van der Waals surface area contributed by atoms with Crippen LogP contribution in [-0.4, -0.2) is 24.1 Å². The van der Waals surface area contributed by atoms with Gasteiger partial charge in [-0.3, -0.25) is 4.79 Å². The van der Waals surface area contributed by atoms with E-state index in [1.54, 1.807) is 0 Å². The van der Waals surface area contributed by atoms with Crippen molar-refractivity contribution in [2.75, 3.05) is 7.11 Å². The quantitative estimate of drug-likeness (QED) is 0.762. The normalized spacial score (nSPS) is 12.7. The van der Waals surface area contributed by atoms with Crippen LogP contribution in [0.15, 0.2) is 34.9 Å². The zero-order valence-electron chi connectivity index (χ0n) is 15.0. The molecule has 0 aliphatic rings. The smallest absolute Gasteiger partial charge is 0.416 e. The molecule has 0 aliphatic carbocycles. The van der Waals surface area contributed by atoms with E-state index in [4.69, 9.17) is 4.52 Å². The van der Waals surface area contributed by atoms with Gasteiger partial charge in [-0.2, -0.15) is 13.2 Å². The molecule has 1 aromatic heterocycles. The highest BCUT2D eigenvalue weighted by Gasteiger charge is 2.31. The number of esters is 1. The van der Waals surface area contributed by atoms with Crippen LogP contribution < -0.4 is 5.32 Å². The Balaban J connectivity index is 2.25. The molecule has 0 saturated heterocycles. The molecule has 0 aliphatic heterocycles. The van der Waals surface area contributed by atoms with Crippen LogP contribution >= 0.6 is 0 Å². The SMILES string of the molecule is COC(=O)c1cc(C(=O)NC(CC(C)C)c2cccc(C(F)(F)F)c2)no1. The molecule has 6 nitrogen and oxygen atoms in total. The Morgan fingerprint density at radius 2 is 1.96 bits per heavy atom. The molecule has 1 heterocycles. The lowest BCUT2D eigenvalue weighted by molar-refractivity contribution is -0.137. The van der Waals surface area contributed by atoms with Gasteiger partial charge >= 0.3 is 12.1 Å². The fraction of sp³-hybridized carbons (Fsp3) is 0.389. The number of rotatable bonds is 6. The second-order valence-electron chi connectivity index (χ2n) is 6.35. The van der Waals surface area contributed by atoms with Gasteiger partial charge in [0.15, 0.2) is 5.69 Å². The first-order chi connectivity index (χ1) is 12.6. The van der Waals surface area contributed by atoms with Crippen LogP contribution in [0.5, 0.6) is 0 Å². The van der Waals surface area contributed by atoms with E-state index in [9.17, 15) is 22.8 Å². The van der Waals surface area contributed by atoms with Crippen LogP contribution in [-0.2, 0) is 10.9 Å². The minimum atomic E-state index is -4.48. The number of nitrogens with one attached hydrogen (secondary N) is 1. The fourth-order valence-electron chi connectivity index (χ4n) is 2.49. The van der Waals surface area contributed by atoms with E-state index in [1.807, 2.05) is 13.8 Å². The summed E-state index contributed by atoms with van der Waals surface area (Å²) in [6.07, 6.45) is -4.07. The molecule has 1 unspecified atom stereocenters. The summed E-state index contributed by atoms with van der Waals surface area (Å²) in [7, 11) is 1.15. The second kappa shape index (κ2) is 8.24. The summed E-state index contributed by atoms with van der Waals surface area (Å²) in [6, 6.07) is 5.24. The maximum Gasteiger partial charge on any atom is 0.416 e. The monoisotopic (exact) mass is 384 g/mol. The maximum absolute atomic E-state index is 13.0. The lowest BCUT2D eigenvalue weighted by atomic mass is 9.95. The van der Waals surface area contributed by atoms with Gasteiger partial charge in [0.2, 0.25) is 5.76 Å². The Hall–Kier alpha value is -2.84. The lowest BCUT2D eigenvalue weighted by Crippen LogP contribution is -2.30. The molecule has 0 fully saturated rings. The molecule has 9 heteroatoms. The third-order valence-corrected chi connectivity index (χ3v) is 3.76. The molecule has 2 aromatic rings. The van der Waals surface area contributed by atoms with E-state index in [1.165, 1.54) is 12.1 Å². The minimum Gasteiger partial charge on any atom is -0.463 e.